The Morgan fingerprint density at radius 2 is 2.50 bits per heavy atom. The third-order valence-corrected chi connectivity index (χ3v) is 3.77. The largest absolute Gasteiger partial charge is 0.226 e. The molecule has 0 spiro atoms. The van der Waals surface area contributed by atoms with Gasteiger partial charge in [-0.2, -0.15) is 0 Å². The van der Waals surface area contributed by atoms with Crippen LogP contribution in [0.2, 0.25) is 0 Å². The highest BCUT2D eigenvalue weighted by Crippen LogP contribution is 2.40. The molecule has 0 saturated carbocycles. The fourth-order valence-corrected chi connectivity index (χ4v) is 3.22. The summed E-state index contributed by atoms with van der Waals surface area (Å²) in [6.07, 6.45) is 1.99. The second-order valence-electron chi connectivity index (χ2n) is 1.87. The second kappa shape index (κ2) is 2.20. The molecule has 2 rings (SSSR count). The molecule has 0 amide bonds. The lowest BCUT2D eigenvalue weighted by molar-refractivity contribution is 0.572. The summed E-state index contributed by atoms with van der Waals surface area (Å²) in [5, 5.41) is 5.92. The summed E-state index contributed by atoms with van der Waals surface area (Å²) in [5.74, 6) is 0. The molecule has 0 bridgehead atoms. The molecule has 0 saturated heterocycles. The Morgan fingerprint density at radius 3 is 3.30 bits per heavy atom. The van der Waals surface area contributed by atoms with E-state index < -0.39 is 0 Å². The van der Waals surface area contributed by atoms with E-state index in [-0.39, 0.29) is 10.5 Å². The number of hydrogen-bond acceptors (Lipinski definition) is 2. The molecule has 0 N–H and O–H groups in total. The van der Waals surface area contributed by atoms with Crippen molar-refractivity contribution < 1.29 is 4.79 Å². The molecule has 3 heteroatoms. The van der Waals surface area contributed by atoms with Gasteiger partial charge in [0.1, 0.15) is 0 Å². The highest BCUT2D eigenvalue weighted by atomic mass is 32.2. The van der Waals surface area contributed by atoms with Crippen molar-refractivity contribution in [2.75, 3.05) is 0 Å². The SMILES string of the molecule is O=C=S1C=Cc2sccc21. The molecule has 1 nitrogen and oxygen atoms in total. The molecular weight excluding hydrogens is 164 g/mol. The Kier molecular flexibility index (Phi) is 1.34. The van der Waals surface area contributed by atoms with Crippen LogP contribution in [-0.2, 0) is 4.79 Å². The average Bonchev–Trinajstić information content (AvgIpc) is 2.44. The van der Waals surface area contributed by atoms with E-state index in [2.05, 4.69) is 0 Å². The van der Waals surface area contributed by atoms with Crippen LogP contribution in [0, 0.1) is 0 Å². The maximum absolute atomic E-state index is 10.3. The Hall–Kier alpha value is -0.630. The zero-order valence-electron chi connectivity index (χ0n) is 5.03. The van der Waals surface area contributed by atoms with E-state index >= 15 is 0 Å². The van der Waals surface area contributed by atoms with Crippen LogP contribution in [0.5, 0.6) is 0 Å². The van der Waals surface area contributed by atoms with Gasteiger partial charge in [-0.15, -0.1) is 11.3 Å². The summed E-state index contributed by atoms with van der Waals surface area (Å²) in [7, 11) is -0.354. The average molecular weight is 168 g/mol. The fourth-order valence-electron chi connectivity index (χ4n) is 0.888. The Labute approximate surface area is 64.9 Å². The van der Waals surface area contributed by atoms with E-state index in [0.717, 1.165) is 4.90 Å². The third kappa shape index (κ3) is 0.721. The van der Waals surface area contributed by atoms with Crippen LogP contribution < -0.4 is 0 Å². The topological polar surface area (TPSA) is 17.1 Å². The van der Waals surface area contributed by atoms with Crippen molar-refractivity contribution in [3.8, 4) is 0 Å². The zero-order chi connectivity index (χ0) is 6.97. The van der Waals surface area contributed by atoms with E-state index in [1.807, 2.05) is 28.2 Å². The Bertz CT molecular complexity index is 342. The number of rotatable bonds is 0. The van der Waals surface area contributed by atoms with Gasteiger partial charge in [0.25, 0.3) is 0 Å². The first-order chi connectivity index (χ1) is 4.92. The van der Waals surface area contributed by atoms with Crippen molar-refractivity contribution in [1.29, 1.82) is 0 Å². The molecule has 0 aliphatic carbocycles. The molecule has 50 valence electrons. The predicted octanol–water partition coefficient (Wildman–Crippen LogP) is 2.43. The number of thiophene rings is 1. The van der Waals surface area contributed by atoms with Gasteiger partial charge in [-0.05, 0) is 33.4 Å². The van der Waals surface area contributed by atoms with E-state index in [1.54, 1.807) is 11.3 Å². The summed E-state index contributed by atoms with van der Waals surface area (Å²) >= 11 is 1.67. The fraction of sp³-hybridized carbons (Fsp3) is 0. The molecule has 1 aliphatic rings. The summed E-state index contributed by atoms with van der Waals surface area (Å²) in [4.78, 5) is 12.7. The predicted molar refractivity (Wildman–Crippen MR) is 44.9 cm³/mol. The molecule has 0 aromatic carbocycles. The smallest absolute Gasteiger partial charge is 0.164 e. The van der Waals surface area contributed by atoms with Gasteiger partial charge in [-0.25, -0.2) is 4.79 Å². The first-order valence-corrected chi connectivity index (χ1v) is 4.95. The van der Waals surface area contributed by atoms with Crippen LogP contribution in [0.25, 0.3) is 6.08 Å². The highest BCUT2D eigenvalue weighted by molar-refractivity contribution is 8.17. The van der Waals surface area contributed by atoms with E-state index in [0.29, 0.717) is 0 Å². The van der Waals surface area contributed by atoms with Crippen LogP contribution in [-0.4, -0.2) is 5.23 Å². The quantitative estimate of drug-likeness (QED) is 0.544. The lowest BCUT2D eigenvalue weighted by atomic mass is 10.5. The molecule has 0 fully saturated rings. The van der Waals surface area contributed by atoms with Crippen LogP contribution in [0.4, 0.5) is 0 Å². The summed E-state index contributed by atoms with van der Waals surface area (Å²) in [5.41, 5.74) is 0. The minimum atomic E-state index is -0.354. The normalized spacial score (nSPS) is 20.6. The monoisotopic (exact) mass is 168 g/mol. The molecule has 2 heterocycles. The van der Waals surface area contributed by atoms with Crippen LogP contribution >= 0.6 is 21.8 Å². The van der Waals surface area contributed by atoms with Crippen molar-refractivity contribution in [2.24, 2.45) is 0 Å². The lowest BCUT2D eigenvalue weighted by Gasteiger charge is -1.85. The van der Waals surface area contributed by atoms with E-state index in [9.17, 15) is 4.79 Å². The maximum atomic E-state index is 10.3. The minimum absolute atomic E-state index is 0.354. The molecule has 1 aromatic rings. The van der Waals surface area contributed by atoms with Gasteiger partial charge in [0.15, 0.2) is 5.23 Å². The standard InChI is InChI=1S/C7H4OS2/c8-5-10-4-2-6-7(10)1-3-9-6/h1-4H. The van der Waals surface area contributed by atoms with Crippen molar-refractivity contribution in [1.82, 2.24) is 0 Å². The Balaban J connectivity index is 2.74. The highest BCUT2D eigenvalue weighted by Gasteiger charge is 2.09. The number of hydrogen-bond donors (Lipinski definition) is 0. The number of carbonyl (C=O) groups excluding carboxylic acids is 1. The molecule has 1 atom stereocenters. The first-order valence-electron chi connectivity index (χ1n) is 2.78. The van der Waals surface area contributed by atoms with Gasteiger partial charge in [0.2, 0.25) is 0 Å². The van der Waals surface area contributed by atoms with Crippen molar-refractivity contribution >= 4 is 33.1 Å². The summed E-state index contributed by atoms with van der Waals surface area (Å²) in [6.45, 7) is 0. The molecule has 1 unspecified atom stereocenters. The van der Waals surface area contributed by atoms with E-state index in [1.165, 1.54) is 4.88 Å². The van der Waals surface area contributed by atoms with Gasteiger partial charge >= 0.3 is 0 Å². The van der Waals surface area contributed by atoms with Gasteiger partial charge < -0.3 is 0 Å². The van der Waals surface area contributed by atoms with Crippen molar-refractivity contribution in [3.05, 3.63) is 21.7 Å². The lowest BCUT2D eigenvalue weighted by Crippen LogP contribution is -1.60. The first kappa shape index (κ1) is 6.10. The summed E-state index contributed by atoms with van der Waals surface area (Å²) in [6, 6.07) is 1.99. The molecule has 1 aromatic heterocycles. The van der Waals surface area contributed by atoms with Crippen molar-refractivity contribution in [3.63, 3.8) is 0 Å². The zero-order valence-corrected chi connectivity index (χ0v) is 6.67. The minimum Gasteiger partial charge on any atom is -0.226 e. The number of fused-ring (bicyclic) bond motifs is 1. The van der Waals surface area contributed by atoms with Gasteiger partial charge in [-0.3, -0.25) is 0 Å². The van der Waals surface area contributed by atoms with E-state index in [4.69, 9.17) is 0 Å². The second-order valence-corrected chi connectivity index (χ2v) is 4.37. The maximum Gasteiger partial charge on any atom is 0.164 e. The van der Waals surface area contributed by atoms with Gasteiger partial charge in [0, 0.05) is 9.77 Å². The molecule has 1 aliphatic heterocycles. The third-order valence-electron chi connectivity index (χ3n) is 1.34. The van der Waals surface area contributed by atoms with Crippen LogP contribution in [0.3, 0.4) is 0 Å². The summed E-state index contributed by atoms with van der Waals surface area (Å²) < 4.78 is 0. The Morgan fingerprint density at radius 1 is 1.60 bits per heavy atom. The molecule has 10 heavy (non-hydrogen) atoms. The van der Waals surface area contributed by atoms with Gasteiger partial charge in [-0.1, -0.05) is 0 Å². The van der Waals surface area contributed by atoms with Gasteiger partial charge in [0.05, 0.1) is 0 Å². The van der Waals surface area contributed by atoms with Crippen molar-refractivity contribution in [2.45, 2.75) is 4.90 Å². The van der Waals surface area contributed by atoms with Crippen LogP contribution in [0.15, 0.2) is 21.7 Å². The molecular formula is C7H4OS2. The molecule has 0 radical (unpaired) electrons. The van der Waals surface area contributed by atoms with Crippen LogP contribution in [0.1, 0.15) is 4.88 Å².